The average Bonchev–Trinajstić information content (AvgIpc) is 2.32. The zero-order valence-corrected chi connectivity index (χ0v) is 10.3. The molecular formula is C12H15F4N3. The summed E-state index contributed by atoms with van der Waals surface area (Å²) in [5, 5.41) is 0. The Hall–Kier alpha value is -1.50. The summed E-state index contributed by atoms with van der Waals surface area (Å²) in [6, 6.07) is 4.37. The van der Waals surface area contributed by atoms with Crippen LogP contribution in [0, 0.1) is 5.82 Å². The van der Waals surface area contributed by atoms with Gasteiger partial charge < -0.3 is 10.6 Å². The molecule has 0 unspecified atom stereocenters. The highest BCUT2D eigenvalue weighted by Gasteiger charge is 2.32. The average molecular weight is 277 g/mol. The first-order valence-corrected chi connectivity index (χ1v) is 5.94. The third-order valence-electron chi connectivity index (χ3n) is 3.12. The van der Waals surface area contributed by atoms with Crippen molar-refractivity contribution in [2.24, 2.45) is 0 Å². The molecule has 1 aromatic carbocycles. The summed E-state index contributed by atoms with van der Waals surface area (Å²) < 4.78 is 49.8. The molecule has 0 spiro atoms. The number of benzene rings is 1. The molecule has 0 aliphatic carbocycles. The first kappa shape index (κ1) is 13.9. The zero-order valence-electron chi connectivity index (χ0n) is 10.3. The molecule has 19 heavy (non-hydrogen) atoms. The molecule has 1 fully saturated rings. The lowest BCUT2D eigenvalue weighted by atomic mass is 10.2. The number of piperazine rings is 1. The van der Waals surface area contributed by atoms with Crippen LogP contribution >= 0.6 is 0 Å². The van der Waals surface area contributed by atoms with Crippen molar-refractivity contribution in [3.05, 3.63) is 24.0 Å². The van der Waals surface area contributed by atoms with Crippen LogP contribution in [0.15, 0.2) is 18.2 Å². The topological polar surface area (TPSA) is 32.5 Å². The van der Waals surface area contributed by atoms with Crippen LogP contribution in [0.1, 0.15) is 0 Å². The van der Waals surface area contributed by atoms with E-state index in [1.807, 2.05) is 4.90 Å². The predicted octanol–water partition coefficient (Wildman–Crippen LogP) is 2.09. The smallest absolute Gasteiger partial charge is 0.396 e. The van der Waals surface area contributed by atoms with E-state index in [2.05, 4.69) is 0 Å². The number of hydrogen-bond donors (Lipinski definition) is 1. The lowest BCUT2D eigenvalue weighted by Crippen LogP contribution is -2.49. The molecular weight excluding hydrogens is 262 g/mol. The maximum Gasteiger partial charge on any atom is 0.401 e. The minimum absolute atomic E-state index is 0.0511. The fourth-order valence-corrected chi connectivity index (χ4v) is 2.15. The standard InChI is InChI=1S/C12H15F4N3/c13-10-2-1-9(7-11(10)17)19-5-3-18(4-6-19)8-12(14,15)16/h1-2,7H,3-6,8,17H2. The number of nitrogen functional groups attached to an aromatic ring is 1. The van der Waals surface area contributed by atoms with Crippen molar-refractivity contribution in [2.75, 3.05) is 43.4 Å². The van der Waals surface area contributed by atoms with Crippen LogP contribution in [0.4, 0.5) is 28.9 Å². The van der Waals surface area contributed by atoms with E-state index >= 15 is 0 Å². The summed E-state index contributed by atoms with van der Waals surface area (Å²) in [6.45, 7) is 0.724. The number of anilines is 2. The van der Waals surface area contributed by atoms with Crippen molar-refractivity contribution in [1.82, 2.24) is 4.90 Å². The largest absolute Gasteiger partial charge is 0.401 e. The summed E-state index contributed by atoms with van der Waals surface area (Å²) in [6.07, 6.45) is -4.16. The quantitative estimate of drug-likeness (QED) is 0.663. The molecule has 1 saturated heterocycles. The van der Waals surface area contributed by atoms with Gasteiger partial charge in [0.05, 0.1) is 12.2 Å². The highest BCUT2D eigenvalue weighted by molar-refractivity contribution is 5.56. The number of alkyl halides is 3. The molecule has 0 saturated carbocycles. The van der Waals surface area contributed by atoms with Gasteiger partial charge >= 0.3 is 6.18 Å². The molecule has 1 heterocycles. The Balaban J connectivity index is 1.94. The number of hydrogen-bond acceptors (Lipinski definition) is 3. The number of nitrogens with zero attached hydrogens (tertiary/aromatic N) is 2. The fourth-order valence-electron chi connectivity index (χ4n) is 2.15. The first-order chi connectivity index (χ1) is 8.85. The molecule has 2 rings (SSSR count). The van der Waals surface area contributed by atoms with E-state index in [0.717, 1.165) is 5.69 Å². The Morgan fingerprint density at radius 1 is 1.11 bits per heavy atom. The molecule has 2 N–H and O–H groups in total. The Labute approximate surface area is 108 Å². The zero-order chi connectivity index (χ0) is 14.0. The van der Waals surface area contributed by atoms with E-state index in [4.69, 9.17) is 5.73 Å². The normalized spacial score (nSPS) is 17.8. The van der Waals surface area contributed by atoms with Gasteiger partial charge in [-0.2, -0.15) is 13.2 Å². The van der Waals surface area contributed by atoms with Gasteiger partial charge in [0, 0.05) is 31.9 Å². The van der Waals surface area contributed by atoms with E-state index in [0.29, 0.717) is 26.2 Å². The molecule has 106 valence electrons. The van der Waals surface area contributed by atoms with Gasteiger partial charge in [0.1, 0.15) is 5.82 Å². The molecule has 0 atom stereocenters. The number of halogens is 4. The van der Waals surface area contributed by atoms with Crippen LogP contribution < -0.4 is 10.6 Å². The van der Waals surface area contributed by atoms with Crippen molar-refractivity contribution >= 4 is 11.4 Å². The number of rotatable bonds is 2. The summed E-state index contributed by atoms with van der Waals surface area (Å²) in [7, 11) is 0. The van der Waals surface area contributed by atoms with Crippen LogP contribution in [0.25, 0.3) is 0 Å². The van der Waals surface area contributed by atoms with E-state index in [-0.39, 0.29) is 5.69 Å². The minimum Gasteiger partial charge on any atom is -0.396 e. The monoisotopic (exact) mass is 277 g/mol. The third-order valence-corrected chi connectivity index (χ3v) is 3.12. The number of nitrogens with two attached hydrogens (primary N) is 1. The van der Waals surface area contributed by atoms with Gasteiger partial charge in [-0.25, -0.2) is 4.39 Å². The second kappa shape index (κ2) is 5.24. The van der Waals surface area contributed by atoms with E-state index in [1.165, 1.54) is 17.0 Å². The van der Waals surface area contributed by atoms with Crippen LogP contribution in [0.3, 0.4) is 0 Å². The molecule has 1 aliphatic rings. The second-order valence-corrected chi connectivity index (χ2v) is 4.58. The Morgan fingerprint density at radius 3 is 2.26 bits per heavy atom. The van der Waals surface area contributed by atoms with Gasteiger partial charge in [-0.05, 0) is 18.2 Å². The summed E-state index contributed by atoms with van der Waals surface area (Å²) in [5.74, 6) is -0.487. The molecule has 0 bridgehead atoms. The molecule has 0 amide bonds. The van der Waals surface area contributed by atoms with Crippen LogP contribution in [-0.2, 0) is 0 Å². The van der Waals surface area contributed by atoms with Crippen LogP contribution in [0.2, 0.25) is 0 Å². The molecule has 0 aromatic heterocycles. The Morgan fingerprint density at radius 2 is 1.74 bits per heavy atom. The molecule has 1 aromatic rings. The lowest BCUT2D eigenvalue weighted by Gasteiger charge is -2.36. The van der Waals surface area contributed by atoms with Gasteiger partial charge in [-0.3, -0.25) is 4.90 Å². The van der Waals surface area contributed by atoms with Gasteiger partial charge in [-0.15, -0.1) is 0 Å². The fraction of sp³-hybridized carbons (Fsp3) is 0.500. The second-order valence-electron chi connectivity index (χ2n) is 4.58. The van der Waals surface area contributed by atoms with Crippen molar-refractivity contribution < 1.29 is 17.6 Å². The SMILES string of the molecule is Nc1cc(N2CCN(CC(F)(F)F)CC2)ccc1F. The lowest BCUT2D eigenvalue weighted by molar-refractivity contribution is -0.146. The summed E-state index contributed by atoms with van der Waals surface area (Å²) in [4.78, 5) is 3.27. The first-order valence-electron chi connectivity index (χ1n) is 5.94. The van der Waals surface area contributed by atoms with Crippen molar-refractivity contribution in [2.45, 2.75) is 6.18 Å². The minimum atomic E-state index is -4.16. The van der Waals surface area contributed by atoms with E-state index in [1.54, 1.807) is 6.07 Å². The molecule has 7 heteroatoms. The Kier molecular flexibility index (Phi) is 3.84. The van der Waals surface area contributed by atoms with Gasteiger partial charge in [0.2, 0.25) is 0 Å². The van der Waals surface area contributed by atoms with Gasteiger partial charge in [-0.1, -0.05) is 0 Å². The summed E-state index contributed by atoms with van der Waals surface area (Å²) >= 11 is 0. The van der Waals surface area contributed by atoms with Crippen molar-refractivity contribution in [1.29, 1.82) is 0 Å². The van der Waals surface area contributed by atoms with E-state index < -0.39 is 18.5 Å². The van der Waals surface area contributed by atoms with Gasteiger partial charge in [0.15, 0.2) is 0 Å². The van der Waals surface area contributed by atoms with Gasteiger partial charge in [0.25, 0.3) is 0 Å². The third kappa shape index (κ3) is 3.73. The van der Waals surface area contributed by atoms with Crippen molar-refractivity contribution in [3.63, 3.8) is 0 Å². The Bertz CT molecular complexity index is 439. The van der Waals surface area contributed by atoms with Crippen LogP contribution in [0.5, 0.6) is 0 Å². The molecule has 0 radical (unpaired) electrons. The highest BCUT2D eigenvalue weighted by atomic mass is 19.4. The molecule has 1 aliphatic heterocycles. The summed E-state index contributed by atoms with van der Waals surface area (Å²) in [5.41, 5.74) is 6.27. The molecule has 3 nitrogen and oxygen atoms in total. The van der Waals surface area contributed by atoms with Crippen molar-refractivity contribution in [3.8, 4) is 0 Å². The van der Waals surface area contributed by atoms with E-state index in [9.17, 15) is 17.6 Å². The van der Waals surface area contributed by atoms with Crippen LogP contribution in [-0.4, -0.2) is 43.8 Å². The maximum absolute atomic E-state index is 13.0. The highest BCUT2D eigenvalue weighted by Crippen LogP contribution is 2.23. The maximum atomic E-state index is 13.0. The predicted molar refractivity (Wildman–Crippen MR) is 65.5 cm³/mol.